The molecule has 0 aliphatic rings. The molecule has 5 nitrogen and oxygen atoms in total. The zero-order valence-electron chi connectivity index (χ0n) is 13.7. The summed E-state index contributed by atoms with van der Waals surface area (Å²) >= 11 is 3.37. The number of anilines is 1. The van der Waals surface area contributed by atoms with Crippen LogP contribution in [0, 0.1) is 20.8 Å². The van der Waals surface area contributed by atoms with Crippen LogP contribution >= 0.6 is 15.9 Å². The van der Waals surface area contributed by atoms with Gasteiger partial charge in [0.15, 0.2) is 5.69 Å². The Bertz CT molecular complexity index is 900. The molecule has 0 atom stereocenters. The summed E-state index contributed by atoms with van der Waals surface area (Å²) in [4.78, 5) is 12.4. The van der Waals surface area contributed by atoms with Gasteiger partial charge < -0.3 is 5.32 Å². The van der Waals surface area contributed by atoms with Crippen LogP contribution in [-0.2, 0) is 0 Å². The number of halogens is 1. The number of nitrogens with one attached hydrogen (secondary N) is 1. The fourth-order valence-electron chi connectivity index (χ4n) is 2.37. The predicted molar refractivity (Wildman–Crippen MR) is 97.7 cm³/mol. The van der Waals surface area contributed by atoms with Crippen LogP contribution in [0.2, 0.25) is 0 Å². The van der Waals surface area contributed by atoms with E-state index in [0.717, 1.165) is 10.2 Å². The first kappa shape index (κ1) is 16.4. The summed E-state index contributed by atoms with van der Waals surface area (Å²) in [5.74, 6) is -0.273. The highest BCUT2D eigenvalue weighted by atomic mass is 79.9. The van der Waals surface area contributed by atoms with Crippen molar-refractivity contribution < 1.29 is 4.79 Å². The van der Waals surface area contributed by atoms with E-state index in [0.29, 0.717) is 17.1 Å². The molecule has 2 aromatic carbocycles. The van der Waals surface area contributed by atoms with Crippen molar-refractivity contribution in [1.29, 1.82) is 0 Å². The van der Waals surface area contributed by atoms with Crippen molar-refractivity contribution in [1.82, 2.24) is 15.0 Å². The van der Waals surface area contributed by atoms with Gasteiger partial charge in [-0.15, -0.1) is 5.10 Å². The lowest BCUT2D eigenvalue weighted by atomic mass is 10.1. The average molecular weight is 385 g/mol. The maximum Gasteiger partial charge on any atom is 0.278 e. The minimum absolute atomic E-state index is 0.273. The Labute approximate surface area is 148 Å². The van der Waals surface area contributed by atoms with Gasteiger partial charge in [0.1, 0.15) is 0 Å². The minimum atomic E-state index is -0.273. The van der Waals surface area contributed by atoms with Crippen molar-refractivity contribution in [2.75, 3.05) is 5.32 Å². The van der Waals surface area contributed by atoms with Crippen molar-refractivity contribution in [3.63, 3.8) is 0 Å². The van der Waals surface area contributed by atoms with Gasteiger partial charge in [-0.3, -0.25) is 4.79 Å². The second-order valence-electron chi connectivity index (χ2n) is 5.66. The maximum absolute atomic E-state index is 12.4. The highest BCUT2D eigenvalue weighted by Crippen LogP contribution is 2.18. The number of carbonyl (C=O) groups is 1. The number of benzene rings is 2. The number of hydrogen-bond acceptors (Lipinski definition) is 3. The van der Waals surface area contributed by atoms with Crippen molar-refractivity contribution in [2.45, 2.75) is 20.8 Å². The van der Waals surface area contributed by atoms with Crippen LogP contribution in [0.25, 0.3) is 5.69 Å². The van der Waals surface area contributed by atoms with Gasteiger partial charge in [0.25, 0.3) is 5.91 Å². The van der Waals surface area contributed by atoms with E-state index in [1.54, 1.807) is 4.68 Å². The average Bonchev–Trinajstić information content (AvgIpc) is 2.94. The molecule has 24 heavy (non-hydrogen) atoms. The third kappa shape index (κ3) is 3.23. The number of rotatable bonds is 3. The van der Waals surface area contributed by atoms with Gasteiger partial charge in [0.2, 0.25) is 0 Å². The molecule has 6 heteroatoms. The SMILES string of the molecule is Cc1ccc(-n2nnc(C(=O)Nc3ccc(Br)cc3)c2C)cc1C. The van der Waals surface area contributed by atoms with Crippen LogP contribution in [0.15, 0.2) is 46.9 Å². The van der Waals surface area contributed by atoms with E-state index in [-0.39, 0.29) is 5.91 Å². The van der Waals surface area contributed by atoms with Crippen LogP contribution in [0.1, 0.15) is 27.3 Å². The molecule has 3 rings (SSSR count). The molecule has 0 saturated heterocycles. The summed E-state index contributed by atoms with van der Waals surface area (Å²) in [5.41, 5.74) is 5.01. The number of amides is 1. The lowest BCUT2D eigenvalue weighted by Gasteiger charge is -2.07. The summed E-state index contributed by atoms with van der Waals surface area (Å²) in [5, 5.41) is 11.0. The van der Waals surface area contributed by atoms with Crippen molar-refractivity contribution in [3.05, 3.63) is 69.5 Å². The van der Waals surface area contributed by atoms with E-state index in [1.165, 1.54) is 11.1 Å². The fourth-order valence-corrected chi connectivity index (χ4v) is 2.63. The Kier molecular flexibility index (Phi) is 4.49. The highest BCUT2D eigenvalue weighted by molar-refractivity contribution is 9.10. The number of hydrogen-bond donors (Lipinski definition) is 1. The van der Waals surface area contributed by atoms with Crippen LogP contribution in [0.4, 0.5) is 5.69 Å². The summed E-state index contributed by atoms with van der Waals surface area (Å²) < 4.78 is 2.64. The van der Waals surface area contributed by atoms with Crippen LogP contribution < -0.4 is 5.32 Å². The Morgan fingerprint density at radius 1 is 1.04 bits per heavy atom. The zero-order valence-corrected chi connectivity index (χ0v) is 15.3. The van der Waals surface area contributed by atoms with Gasteiger partial charge in [-0.05, 0) is 68.3 Å². The normalized spacial score (nSPS) is 10.7. The van der Waals surface area contributed by atoms with E-state index in [1.807, 2.05) is 56.3 Å². The maximum atomic E-state index is 12.4. The topological polar surface area (TPSA) is 59.8 Å². The van der Waals surface area contributed by atoms with Crippen LogP contribution in [0.5, 0.6) is 0 Å². The van der Waals surface area contributed by atoms with Gasteiger partial charge in [-0.2, -0.15) is 0 Å². The van der Waals surface area contributed by atoms with Crippen molar-refractivity contribution in [3.8, 4) is 5.69 Å². The molecule has 0 bridgehead atoms. The third-order valence-corrected chi connectivity index (χ3v) is 4.48. The van der Waals surface area contributed by atoms with E-state index >= 15 is 0 Å². The van der Waals surface area contributed by atoms with Gasteiger partial charge in [-0.25, -0.2) is 4.68 Å². The Balaban J connectivity index is 1.87. The lowest BCUT2D eigenvalue weighted by molar-refractivity contribution is 0.102. The van der Waals surface area contributed by atoms with Gasteiger partial charge in [0, 0.05) is 10.2 Å². The Morgan fingerprint density at radius 2 is 1.75 bits per heavy atom. The predicted octanol–water partition coefficient (Wildman–Crippen LogP) is 4.21. The van der Waals surface area contributed by atoms with E-state index in [2.05, 4.69) is 38.5 Å². The molecular weight excluding hydrogens is 368 g/mol. The number of aromatic nitrogens is 3. The second kappa shape index (κ2) is 6.57. The highest BCUT2D eigenvalue weighted by Gasteiger charge is 2.17. The van der Waals surface area contributed by atoms with Crippen molar-refractivity contribution >= 4 is 27.5 Å². The number of carbonyl (C=O) groups excluding carboxylic acids is 1. The van der Waals surface area contributed by atoms with E-state index < -0.39 is 0 Å². The summed E-state index contributed by atoms with van der Waals surface area (Å²) in [6.45, 7) is 5.95. The molecule has 1 aromatic heterocycles. The number of aryl methyl sites for hydroxylation is 2. The molecule has 0 unspecified atom stereocenters. The van der Waals surface area contributed by atoms with Crippen molar-refractivity contribution in [2.24, 2.45) is 0 Å². The molecule has 1 heterocycles. The minimum Gasteiger partial charge on any atom is -0.321 e. The molecule has 1 amide bonds. The smallest absolute Gasteiger partial charge is 0.278 e. The number of nitrogens with zero attached hydrogens (tertiary/aromatic N) is 3. The Hall–Kier alpha value is -2.47. The zero-order chi connectivity index (χ0) is 17.3. The first-order valence-electron chi connectivity index (χ1n) is 7.52. The summed E-state index contributed by atoms with van der Waals surface area (Å²) in [6, 6.07) is 13.4. The van der Waals surface area contributed by atoms with E-state index in [4.69, 9.17) is 0 Å². The fraction of sp³-hybridized carbons (Fsp3) is 0.167. The first-order valence-corrected chi connectivity index (χ1v) is 8.32. The first-order chi connectivity index (χ1) is 11.5. The molecular formula is C18H17BrN4O. The molecule has 0 aliphatic heterocycles. The van der Waals surface area contributed by atoms with Crippen LogP contribution in [-0.4, -0.2) is 20.9 Å². The molecule has 122 valence electrons. The molecule has 0 radical (unpaired) electrons. The van der Waals surface area contributed by atoms with Gasteiger partial charge in [-0.1, -0.05) is 27.2 Å². The monoisotopic (exact) mass is 384 g/mol. The molecule has 3 aromatic rings. The van der Waals surface area contributed by atoms with E-state index in [9.17, 15) is 4.79 Å². The third-order valence-electron chi connectivity index (χ3n) is 3.95. The molecule has 0 aliphatic carbocycles. The standard InChI is InChI=1S/C18H17BrN4O/c1-11-4-9-16(10-12(11)2)23-13(3)17(21-22-23)18(24)20-15-7-5-14(19)6-8-15/h4-10H,1-3H3,(H,20,24). The summed E-state index contributed by atoms with van der Waals surface area (Å²) in [7, 11) is 0. The van der Waals surface area contributed by atoms with Crippen LogP contribution in [0.3, 0.4) is 0 Å². The molecule has 0 fully saturated rings. The second-order valence-corrected chi connectivity index (χ2v) is 6.58. The summed E-state index contributed by atoms with van der Waals surface area (Å²) in [6.07, 6.45) is 0. The lowest BCUT2D eigenvalue weighted by Crippen LogP contribution is -2.14. The molecule has 1 N–H and O–H groups in total. The Morgan fingerprint density at radius 3 is 2.42 bits per heavy atom. The van der Waals surface area contributed by atoms with Gasteiger partial charge in [0.05, 0.1) is 11.4 Å². The largest absolute Gasteiger partial charge is 0.321 e. The van der Waals surface area contributed by atoms with Gasteiger partial charge >= 0.3 is 0 Å². The molecule has 0 spiro atoms. The molecule has 0 saturated carbocycles. The quantitative estimate of drug-likeness (QED) is 0.735.